The van der Waals surface area contributed by atoms with Crippen LogP contribution in [0.25, 0.3) is 21.9 Å². The fraction of sp³-hybridized carbons (Fsp3) is 0.522. The second kappa shape index (κ2) is 9.85. The van der Waals surface area contributed by atoms with Crippen LogP contribution in [0.15, 0.2) is 24.3 Å². The third-order valence-electron chi connectivity index (χ3n) is 4.76. The quantitative estimate of drug-likeness (QED) is 0.495. The van der Waals surface area contributed by atoms with E-state index in [1.54, 1.807) is 0 Å². The number of amides is 1. The molecule has 31 heavy (non-hydrogen) atoms. The van der Waals surface area contributed by atoms with Crippen LogP contribution in [0.2, 0.25) is 0 Å². The molecule has 0 aliphatic heterocycles. The van der Waals surface area contributed by atoms with E-state index >= 15 is 0 Å². The number of nitrogens with two attached hydrogens (primary N) is 1. The summed E-state index contributed by atoms with van der Waals surface area (Å²) >= 11 is 0. The predicted octanol–water partition coefficient (Wildman–Crippen LogP) is 4.24. The molecule has 168 valence electrons. The van der Waals surface area contributed by atoms with E-state index in [1.165, 1.54) is 0 Å². The summed E-state index contributed by atoms with van der Waals surface area (Å²) in [5.74, 6) is 1.27. The molecule has 0 aliphatic carbocycles. The van der Waals surface area contributed by atoms with Crippen LogP contribution in [0.5, 0.6) is 0 Å². The number of nitrogen functional groups attached to an aromatic ring is 1. The monoisotopic (exact) mass is 427 g/mol. The lowest BCUT2D eigenvalue weighted by atomic mass is 10.2. The van der Waals surface area contributed by atoms with Crippen molar-refractivity contribution in [1.82, 2.24) is 20.0 Å². The Kier molecular flexibility index (Phi) is 7.20. The van der Waals surface area contributed by atoms with E-state index in [0.717, 1.165) is 54.3 Å². The number of rotatable bonds is 9. The maximum Gasteiger partial charge on any atom is 0.407 e. The van der Waals surface area contributed by atoms with E-state index in [4.69, 9.17) is 20.3 Å². The number of anilines is 1. The van der Waals surface area contributed by atoms with Gasteiger partial charge in [-0.05, 0) is 46.1 Å². The summed E-state index contributed by atoms with van der Waals surface area (Å²) in [6.45, 7) is 8.72. The molecule has 0 atom stereocenters. The van der Waals surface area contributed by atoms with Crippen molar-refractivity contribution < 1.29 is 14.4 Å². The van der Waals surface area contributed by atoms with E-state index in [0.29, 0.717) is 24.5 Å². The summed E-state index contributed by atoms with van der Waals surface area (Å²) in [6, 6.07) is 7.87. The summed E-state index contributed by atoms with van der Waals surface area (Å²) in [4.78, 5) is 27.1. The van der Waals surface area contributed by atoms with Gasteiger partial charge in [0.15, 0.2) is 5.82 Å². The molecular weight excluding hydrogens is 394 g/mol. The number of pyridine rings is 1. The van der Waals surface area contributed by atoms with E-state index in [-0.39, 0.29) is 0 Å². The van der Waals surface area contributed by atoms with Crippen LogP contribution in [0, 0.1) is 0 Å². The molecule has 0 aliphatic rings. The first-order valence-electron chi connectivity index (χ1n) is 11.0. The van der Waals surface area contributed by atoms with Crippen LogP contribution in [0.1, 0.15) is 59.2 Å². The van der Waals surface area contributed by atoms with Crippen molar-refractivity contribution in [3.05, 3.63) is 30.1 Å². The third-order valence-corrected chi connectivity index (χ3v) is 4.76. The molecule has 3 N–H and O–H groups in total. The Morgan fingerprint density at radius 3 is 2.68 bits per heavy atom. The van der Waals surface area contributed by atoms with Crippen LogP contribution in [-0.4, -0.2) is 39.5 Å². The Balaban J connectivity index is 1.69. The Morgan fingerprint density at radius 1 is 1.16 bits per heavy atom. The number of alkyl carbamates (subject to hydrolysis) is 1. The first-order chi connectivity index (χ1) is 14.8. The Morgan fingerprint density at radius 2 is 1.94 bits per heavy atom. The number of carbonyl (C=O) groups excluding carboxylic acids is 1. The van der Waals surface area contributed by atoms with Gasteiger partial charge in [0.1, 0.15) is 29.1 Å². The summed E-state index contributed by atoms with van der Waals surface area (Å²) in [5.41, 5.74) is 8.07. The molecule has 1 aromatic carbocycles. The fourth-order valence-corrected chi connectivity index (χ4v) is 3.34. The van der Waals surface area contributed by atoms with Gasteiger partial charge in [-0.1, -0.05) is 31.5 Å². The fourth-order valence-electron chi connectivity index (χ4n) is 3.34. The molecule has 2 aromatic heterocycles. The second-order valence-electron chi connectivity index (χ2n) is 8.61. The van der Waals surface area contributed by atoms with Crippen molar-refractivity contribution in [3.63, 3.8) is 0 Å². The normalized spacial score (nSPS) is 11.7. The highest BCUT2D eigenvalue weighted by atomic mass is 16.7. The SMILES string of the molecule is CCCCc1nc2c(N)nc3ccccc3c2n1OCCCCNC(=O)OC(C)(C)C. The van der Waals surface area contributed by atoms with Gasteiger partial charge in [-0.15, -0.1) is 0 Å². The minimum atomic E-state index is -0.496. The van der Waals surface area contributed by atoms with Crippen molar-refractivity contribution in [2.75, 3.05) is 18.9 Å². The molecule has 2 heterocycles. The molecule has 0 spiro atoms. The molecule has 0 saturated carbocycles. The highest BCUT2D eigenvalue weighted by Gasteiger charge is 2.18. The predicted molar refractivity (Wildman–Crippen MR) is 123 cm³/mol. The number of benzene rings is 1. The number of nitrogens with zero attached hydrogens (tertiary/aromatic N) is 3. The number of nitrogens with one attached hydrogen (secondary N) is 1. The zero-order valence-corrected chi connectivity index (χ0v) is 18.9. The van der Waals surface area contributed by atoms with E-state index < -0.39 is 11.7 Å². The van der Waals surface area contributed by atoms with Gasteiger partial charge in [0, 0.05) is 18.4 Å². The Labute approximate surface area is 183 Å². The summed E-state index contributed by atoms with van der Waals surface area (Å²) < 4.78 is 7.07. The molecule has 0 fully saturated rings. The summed E-state index contributed by atoms with van der Waals surface area (Å²) in [7, 11) is 0. The minimum Gasteiger partial charge on any atom is -0.444 e. The van der Waals surface area contributed by atoms with Crippen molar-refractivity contribution in [3.8, 4) is 0 Å². The van der Waals surface area contributed by atoms with Crippen molar-refractivity contribution in [2.45, 2.75) is 65.4 Å². The molecule has 0 radical (unpaired) electrons. The van der Waals surface area contributed by atoms with Gasteiger partial charge >= 0.3 is 6.09 Å². The van der Waals surface area contributed by atoms with Crippen LogP contribution >= 0.6 is 0 Å². The number of unbranched alkanes of at least 4 members (excludes halogenated alkanes) is 2. The van der Waals surface area contributed by atoms with Gasteiger partial charge in [0.2, 0.25) is 0 Å². The molecule has 1 amide bonds. The van der Waals surface area contributed by atoms with Crippen LogP contribution in [0.4, 0.5) is 10.6 Å². The van der Waals surface area contributed by atoms with Crippen molar-refractivity contribution >= 4 is 33.8 Å². The lowest BCUT2D eigenvalue weighted by Gasteiger charge is -2.19. The molecule has 3 rings (SSSR count). The highest BCUT2D eigenvalue weighted by Crippen LogP contribution is 2.28. The van der Waals surface area contributed by atoms with Gasteiger partial charge in [0.25, 0.3) is 0 Å². The number of carbonyl (C=O) groups is 1. The molecule has 8 heteroatoms. The van der Waals surface area contributed by atoms with Gasteiger partial charge in [-0.25, -0.2) is 14.8 Å². The van der Waals surface area contributed by atoms with Crippen molar-refractivity contribution in [2.24, 2.45) is 0 Å². The lowest BCUT2D eigenvalue weighted by Crippen LogP contribution is -2.33. The van der Waals surface area contributed by atoms with Crippen LogP contribution < -0.4 is 15.9 Å². The molecular formula is C23H33N5O3. The van der Waals surface area contributed by atoms with Crippen LogP contribution in [0.3, 0.4) is 0 Å². The number of fused-ring (bicyclic) bond motifs is 3. The smallest absolute Gasteiger partial charge is 0.407 e. The Hall–Kier alpha value is -3.03. The Bertz CT molecular complexity index is 1040. The topological polar surface area (TPSA) is 104 Å². The average Bonchev–Trinajstić information content (AvgIpc) is 3.07. The number of ether oxygens (including phenoxy) is 1. The molecule has 3 aromatic rings. The highest BCUT2D eigenvalue weighted by molar-refractivity contribution is 6.06. The minimum absolute atomic E-state index is 0.398. The molecule has 0 unspecified atom stereocenters. The maximum atomic E-state index is 11.7. The number of para-hydroxylation sites is 1. The first kappa shape index (κ1) is 22.7. The second-order valence-corrected chi connectivity index (χ2v) is 8.61. The average molecular weight is 428 g/mol. The maximum absolute atomic E-state index is 11.7. The van der Waals surface area contributed by atoms with Gasteiger partial charge < -0.3 is 20.6 Å². The molecule has 0 saturated heterocycles. The van der Waals surface area contributed by atoms with E-state index in [1.807, 2.05) is 49.8 Å². The third kappa shape index (κ3) is 5.77. The zero-order valence-electron chi connectivity index (χ0n) is 18.9. The van der Waals surface area contributed by atoms with E-state index in [2.05, 4.69) is 17.2 Å². The van der Waals surface area contributed by atoms with E-state index in [9.17, 15) is 4.79 Å². The number of imidazole rings is 1. The largest absolute Gasteiger partial charge is 0.444 e. The van der Waals surface area contributed by atoms with Crippen LogP contribution in [-0.2, 0) is 11.2 Å². The van der Waals surface area contributed by atoms with Gasteiger partial charge in [-0.3, -0.25) is 0 Å². The lowest BCUT2D eigenvalue weighted by molar-refractivity contribution is 0.0524. The summed E-state index contributed by atoms with van der Waals surface area (Å²) in [6.07, 6.45) is 4.04. The molecule has 8 nitrogen and oxygen atoms in total. The zero-order chi connectivity index (χ0) is 22.4. The van der Waals surface area contributed by atoms with Gasteiger partial charge in [0.05, 0.1) is 5.52 Å². The number of hydrogen-bond donors (Lipinski definition) is 2. The number of aryl methyl sites for hydroxylation is 1. The molecule has 0 bridgehead atoms. The number of hydrogen-bond acceptors (Lipinski definition) is 6. The number of aromatic nitrogens is 3. The standard InChI is InChI=1S/C23H33N5O3/c1-5-6-13-18-27-19-20(16-11-7-8-12-17(16)26-21(19)24)28(18)30-15-10-9-14-25-22(29)31-23(2,3)4/h7-8,11-12H,5-6,9-10,13-15H2,1-4H3,(H2,24,26)(H,25,29). The first-order valence-corrected chi connectivity index (χ1v) is 11.0. The summed E-state index contributed by atoms with van der Waals surface area (Å²) in [5, 5.41) is 3.74. The van der Waals surface area contributed by atoms with Crippen molar-refractivity contribution in [1.29, 1.82) is 0 Å². The van der Waals surface area contributed by atoms with Gasteiger partial charge in [-0.2, -0.15) is 4.73 Å².